The summed E-state index contributed by atoms with van der Waals surface area (Å²) in [6.07, 6.45) is 5.77. The van der Waals surface area contributed by atoms with Gasteiger partial charge in [0.25, 0.3) is 5.56 Å². The van der Waals surface area contributed by atoms with Gasteiger partial charge in [0.2, 0.25) is 5.91 Å². The van der Waals surface area contributed by atoms with Crippen LogP contribution in [0.5, 0.6) is 0 Å². The predicted octanol–water partition coefficient (Wildman–Crippen LogP) is 3.24. The van der Waals surface area contributed by atoms with Gasteiger partial charge in [0.1, 0.15) is 5.82 Å². The normalized spacial score (nSPS) is 12.8. The smallest absolute Gasteiger partial charge is 0.261 e. The molecular weight excluding hydrogens is 378 g/mol. The highest BCUT2D eigenvalue weighted by atomic mass is 16.1. The van der Waals surface area contributed by atoms with Crippen molar-refractivity contribution in [3.8, 4) is 11.3 Å². The summed E-state index contributed by atoms with van der Waals surface area (Å²) < 4.78 is 3.73. The number of hydrogen-bond donors (Lipinski definition) is 1. The highest BCUT2D eigenvalue weighted by Crippen LogP contribution is 2.26. The van der Waals surface area contributed by atoms with Crippen molar-refractivity contribution in [2.24, 2.45) is 0 Å². The second-order valence-electron chi connectivity index (χ2n) is 7.45. The van der Waals surface area contributed by atoms with Gasteiger partial charge in [-0.25, -0.2) is 9.97 Å². The van der Waals surface area contributed by atoms with Gasteiger partial charge in [0.05, 0.1) is 29.1 Å². The third-order valence-electron chi connectivity index (χ3n) is 5.50. The van der Waals surface area contributed by atoms with Crippen LogP contribution >= 0.6 is 0 Å². The van der Waals surface area contributed by atoms with Crippen LogP contribution in [0.4, 0.5) is 5.69 Å². The minimum absolute atomic E-state index is 0.133. The summed E-state index contributed by atoms with van der Waals surface area (Å²) in [6, 6.07) is 15.0. The number of amides is 1. The number of hydrogen-bond acceptors (Lipinski definition) is 4. The Kier molecular flexibility index (Phi) is 4.63. The first-order valence-corrected chi connectivity index (χ1v) is 10.1. The van der Waals surface area contributed by atoms with E-state index in [1.807, 2.05) is 42.6 Å². The van der Waals surface area contributed by atoms with Crippen LogP contribution < -0.4 is 10.9 Å². The molecule has 7 heteroatoms. The maximum absolute atomic E-state index is 12.5. The van der Waals surface area contributed by atoms with Gasteiger partial charge >= 0.3 is 0 Å². The quantitative estimate of drug-likeness (QED) is 0.559. The Morgan fingerprint density at radius 1 is 1.07 bits per heavy atom. The average Bonchev–Trinajstić information content (AvgIpc) is 3.38. The summed E-state index contributed by atoms with van der Waals surface area (Å²) in [4.78, 5) is 33.7. The van der Waals surface area contributed by atoms with Crippen LogP contribution in [0.3, 0.4) is 0 Å². The standard InChI is InChI=1S/C23H21N5O2/c29-22(11-13-27-15-25-19-5-2-1-4-18(19)23(27)30)26-17-9-7-16(8-10-17)20-14-24-21-6-3-12-28(20)21/h1-2,4-5,7-10,14-15H,3,6,11-13H2,(H,26,29). The molecule has 2 aromatic heterocycles. The van der Waals surface area contributed by atoms with Crippen molar-refractivity contribution in [1.29, 1.82) is 0 Å². The van der Waals surface area contributed by atoms with Crippen molar-refractivity contribution in [2.45, 2.75) is 32.4 Å². The molecule has 0 spiro atoms. The van der Waals surface area contributed by atoms with E-state index in [0.29, 0.717) is 10.9 Å². The summed E-state index contributed by atoms with van der Waals surface area (Å²) in [5.41, 5.74) is 3.46. The van der Waals surface area contributed by atoms with Crippen LogP contribution in [0.15, 0.2) is 65.8 Å². The summed E-state index contributed by atoms with van der Waals surface area (Å²) >= 11 is 0. The lowest BCUT2D eigenvalue weighted by atomic mass is 10.1. The number of rotatable bonds is 5. The van der Waals surface area contributed by atoms with Gasteiger partial charge in [-0.3, -0.25) is 14.2 Å². The zero-order valence-electron chi connectivity index (χ0n) is 16.4. The largest absolute Gasteiger partial charge is 0.328 e. The lowest BCUT2D eigenvalue weighted by Crippen LogP contribution is -2.23. The summed E-state index contributed by atoms with van der Waals surface area (Å²) in [6.45, 7) is 1.29. The predicted molar refractivity (Wildman–Crippen MR) is 115 cm³/mol. The molecule has 0 aliphatic carbocycles. The Morgan fingerprint density at radius 3 is 2.77 bits per heavy atom. The Balaban J connectivity index is 1.24. The van der Waals surface area contributed by atoms with Crippen LogP contribution in [0.25, 0.3) is 22.2 Å². The van der Waals surface area contributed by atoms with Crippen LogP contribution in [-0.2, 0) is 24.3 Å². The van der Waals surface area contributed by atoms with Crippen LogP contribution in [0.1, 0.15) is 18.7 Å². The average molecular weight is 399 g/mol. The fourth-order valence-corrected chi connectivity index (χ4v) is 3.92. The Hall–Kier alpha value is -3.74. The van der Waals surface area contributed by atoms with Gasteiger partial charge in [0, 0.05) is 31.6 Å². The fourth-order valence-electron chi connectivity index (χ4n) is 3.92. The van der Waals surface area contributed by atoms with Gasteiger partial charge in [-0.1, -0.05) is 24.3 Å². The maximum Gasteiger partial charge on any atom is 0.261 e. The summed E-state index contributed by atoms with van der Waals surface area (Å²) in [5, 5.41) is 3.45. The van der Waals surface area contributed by atoms with Crippen molar-refractivity contribution in [2.75, 3.05) is 5.32 Å². The van der Waals surface area contributed by atoms with Gasteiger partial charge in [-0.05, 0) is 36.2 Å². The van der Waals surface area contributed by atoms with E-state index in [0.717, 1.165) is 42.2 Å². The molecular formula is C23H21N5O2. The lowest BCUT2D eigenvalue weighted by Gasteiger charge is -2.09. The number of benzene rings is 2. The molecule has 1 aliphatic heterocycles. The summed E-state index contributed by atoms with van der Waals surface area (Å²) in [5.74, 6) is 0.994. The van der Waals surface area contributed by atoms with Gasteiger partial charge < -0.3 is 9.88 Å². The number of imidazole rings is 1. The molecule has 30 heavy (non-hydrogen) atoms. The van der Waals surface area contributed by atoms with Crippen molar-refractivity contribution in [1.82, 2.24) is 19.1 Å². The zero-order valence-corrected chi connectivity index (χ0v) is 16.4. The Morgan fingerprint density at radius 2 is 1.90 bits per heavy atom. The maximum atomic E-state index is 12.5. The number of para-hydroxylation sites is 1. The van der Waals surface area contributed by atoms with Crippen LogP contribution in [-0.4, -0.2) is 25.0 Å². The van der Waals surface area contributed by atoms with Crippen LogP contribution in [0, 0.1) is 0 Å². The molecule has 1 amide bonds. The van der Waals surface area contributed by atoms with Crippen molar-refractivity contribution in [3.63, 3.8) is 0 Å². The molecule has 7 nitrogen and oxygen atoms in total. The van der Waals surface area contributed by atoms with Crippen molar-refractivity contribution < 1.29 is 4.79 Å². The molecule has 0 atom stereocenters. The monoisotopic (exact) mass is 399 g/mol. The second kappa shape index (κ2) is 7.59. The molecule has 0 radical (unpaired) electrons. The molecule has 0 fully saturated rings. The van der Waals surface area contributed by atoms with E-state index < -0.39 is 0 Å². The number of nitrogens with zero attached hydrogens (tertiary/aromatic N) is 4. The molecule has 0 saturated carbocycles. The Bertz CT molecular complexity index is 1290. The number of fused-ring (bicyclic) bond motifs is 2. The fraction of sp³-hybridized carbons (Fsp3) is 0.217. The highest BCUT2D eigenvalue weighted by molar-refractivity contribution is 5.91. The molecule has 150 valence electrons. The molecule has 0 bridgehead atoms. The number of anilines is 1. The molecule has 0 saturated heterocycles. The highest BCUT2D eigenvalue weighted by Gasteiger charge is 2.16. The first kappa shape index (κ1) is 18.3. The molecule has 5 rings (SSSR count). The van der Waals surface area contributed by atoms with E-state index >= 15 is 0 Å². The molecule has 1 aliphatic rings. The number of nitrogens with one attached hydrogen (secondary N) is 1. The molecule has 1 N–H and O–H groups in total. The zero-order chi connectivity index (χ0) is 20.5. The number of carbonyl (C=O) groups excluding carboxylic acids is 1. The minimum Gasteiger partial charge on any atom is -0.328 e. The van der Waals surface area contributed by atoms with Crippen molar-refractivity contribution >= 4 is 22.5 Å². The molecule has 0 unspecified atom stereocenters. The molecule has 3 heterocycles. The van der Waals surface area contributed by atoms with Crippen molar-refractivity contribution in [3.05, 3.63) is 77.2 Å². The Labute approximate surface area is 173 Å². The first-order valence-electron chi connectivity index (χ1n) is 10.1. The van der Waals surface area contributed by atoms with E-state index in [1.165, 1.54) is 10.9 Å². The van der Waals surface area contributed by atoms with Gasteiger partial charge in [-0.2, -0.15) is 0 Å². The van der Waals surface area contributed by atoms with E-state index in [-0.39, 0.29) is 24.4 Å². The lowest BCUT2D eigenvalue weighted by molar-refractivity contribution is -0.116. The number of aromatic nitrogens is 4. The second-order valence-corrected chi connectivity index (χ2v) is 7.45. The number of aryl methyl sites for hydroxylation is 2. The van der Waals surface area contributed by atoms with E-state index in [2.05, 4.69) is 19.9 Å². The van der Waals surface area contributed by atoms with E-state index in [9.17, 15) is 9.59 Å². The first-order chi connectivity index (χ1) is 14.7. The topological polar surface area (TPSA) is 81.8 Å². The third kappa shape index (κ3) is 3.39. The van der Waals surface area contributed by atoms with E-state index in [1.54, 1.807) is 12.1 Å². The minimum atomic E-state index is -0.145. The number of carbonyl (C=O) groups is 1. The van der Waals surface area contributed by atoms with Gasteiger partial charge in [-0.15, -0.1) is 0 Å². The SMILES string of the molecule is O=C(CCn1cnc2ccccc2c1=O)Nc1ccc(-c2cnc3n2CCC3)cc1. The van der Waals surface area contributed by atoms with E-state index in [4.69, 9.17) is 0 Å². The van der Waals surface area contributed by atoms with Crippen LogP contribution in [0.2, 0.25) is 0 Å². The third-order valence-corrected chi connectivity index (χ3v) is 5.50. The molecule has 4 aromatic rings. The molecule has 2 aromatic carbocycles. The van der Waals surface area contributed by atoms with Gasteiger partial charge in [0.15, 0.2) is 0 Å². The summed E-state index contributed by atoms with van der Waals surface area (Å²) in [7, 11) is 0.